The maximum atomic E-state index is 13.7. The van der Waals surface area contributed by atoms with Crippen molar-refractivity contribution in [3.05, 3.63) is 89.6 Å². The van der Waals surface area contributed by atoms with Crippen molar-refractivity contribution in [1.82, 2.24) is 10.3 Å². The van der Waals surface area contributed by atoms with Crippen LogP contribution in [-0.2, 0) is 14.4 Å². The number of benzene rings is 2. The molecule has 0 radical (unpaired) electrons. The highest BCUT2D eigenvalue weighted by atomic mass is 16.2. The zero-order valence-corrected chi connectivity index (χ0v) is 21.5. The lowest BCUT2D eigenvalue weighted by molar-refractivity contribution is -0.128. The van der Waals surface area contributed by atoms with Crippen LogP contribution in [0.25, 0.3) is 0 Å². The van der Waals surface area contributed by atoms with E-state index in [9.17, 15) is 14.4 Å². The van der Waals surface area contributed by atoms with Crippen LogP contribution in [0.5, 0.6) is 0 Å². The van der Waals surface area contributed by atoms with Gasteiger partial charge in [-0.1, -0.05) is 48.0 Å². The zero-order valence-electron chi connectivity index (χ0n) is 21.5. The van der Waals surface area contributed by atoms with Crippen molar-refractivity contribution in [3.8, 4) is 0 Å². The molecule has 7 nitrogen and oxygen atoms in total. The van der Waals surface area contributed by atoms with Crippen LogP contribution in [0.3, 0.4) is 0 Å². The summed E-state index contributed by atoms with van der Waals surface area (Å²) in [6, 6.07) is 19.4. The topological polar surface area (TPSA) is 91.4 Å². The summed E-state index contributed by atoms with van der Waals surface area (Å²) in [6.45, 7) is 9.61. The predicted molar refractivity (Wildman–Crippen MR) is 143 cm³/mol. The molecule has 0 saturated heterocycles. The molecular formula is C29H34N4O3. The third-order valence-electron chi connectivity index (χ3n) is 5.44. The lowest BCUT2D eigenvalue weighted by Gasteiger charge is -2.34. The molecule has 0 aliphatic heterocycles. The van der Waals surface area contributed by atoms with Gasteiger partial charge in [0.25, 0.3) is 0 Å². The summed E-state index contributed by atoms with van der Waals surface area (Å²) in [6.07, 6.45) is 1.47. The van der Waals surface area contributed by atoms with Crippen molar-refractivity contribution in [2.75, 3.05) is 10.2 Å². The van der Waals surface area contributed by atoms with E-state index >= 15 is 0 Å². The maximum Gasteiger partial charge on any atom is 0.248 e. The third kappa shape index (κ3) is 7.50. The van der Waals surface area contributed by atoms with Gasteiger partial charge < -0.3 is 10.6 Å². The summed E-state index contributed by atoms with van der Waals surface area (Å²) in [5.41, 5.74) is 2.80. The number of aryl methyl sites for hydroxylation is 2. The van der Waals surface area contributed by atoms with Crippen LogP contribution >= 0.6 is 0 Å². The molecule has 3 aromatic rings. The zero-order chi connectivity index (χ0) is 26.3. The number of hydrogen-bond donors (Lipinski definition) is 2. The molecule has 36 heavy (non-hydrogen) atoms. The SMILES string of the molecule is Cc1ccc(C(C(=O)NC(C)(C)C)N(C(=O)CCC(=O)Nc2ccccn2)c2cccc(C)c2)cc1. The smallest absolute Gasteiger partial charge is 0.248 e. The van der Waals surface area contributed by atoms with Gasteiger partial charge in [0.15, 0.2) is 0 Å². The van der Waals surface area contributed by atoms with Gasteiger partial charge in [0.2, 0.25) is 17.7 Å². The highest BCUT2D eigenvalue weighted by Crippen LogP contribution is 2.30. The number of rotatable bonds is 8. The number of carbonyl (C=O) groups is 3. The summed E-state index contributed by atoms with van der Waals surface area (Å²) in [5, 5.41) is 5.74. The number of pyridine rings is 1. The normalized spacial score (nSPS) is 11.9. The van der Waals surface area contributed by atoms with Crippen LogP contribution in [-0.4, -0.2) is 28.2 Å². The first-order valence-electron chi connectivity index (χ1n) is 12.0. The van der Waals surface area contributed by atoms with Crippen LogP contribution in [0.15, 0.2) is 72.9 Å². The minimum atomic E-state index is -0.905. The van der Waals surface area contributed by atoms with E-state index in [1.165, 1.54) is 4.90 Å². The van der Waals surface area contributed by atoms with Gasteiger partial charge in [0.1, 0.15) is 11.9 Å². The molecule has 7 heteroatoms. The number of hydrogen-bond acceptors (Lipinski definition) is 4. The fourth-order valence-corrected chi connectivity index (χ4v) is 3.80. The Bertz CT molecular complexity index is 1200. The lowest BCUT2D eigenvalue weighted by Crippen LogP contribution is -2.49. The van der Waals surface area contributed by atoms with Crippen LogP contribution in [0.2, 0.25) is 0 Å². The van der Waals surface area contributed by atoms with E-state index in [2.05, 4.69) is 15.6 Å². The van der Waals surface area contributed by atoms with Crippen molar-refractivity contribution in [3.63, 3.8) is 0 Å². The van der Waals surface area contributed by atoms with E-state index in [-0.39, 0.29) is 30.6 Å². The summed E-state index contributed by atoms with van der Waals surface area (Å²) in [4.78, 5) is 45.5. The monoisotopic (exact) mass is 486 g/mol. The number of amides is 3. The fraction of sp³-hybridized carbons (Fsp3) is 0.310. The van der Waals surface area contributed by atoms with E-state index in [0.29, 0.717) is 17.1 Å². The Balaban J connectivity index is 1.95. The predicted octanol–water partition coefficient (Wildman–Crippen LogP) is 5.11. The largest absolute Gasteiger partial charge is 0.349 e. The molecule has 0 aliphatic carbocycles. The molecule has 0 bridgehead atoms. The molecule has 0 saturated carbocycles. The van der Waals surface area contributed by atoms with Gasteiger partial charge >= 0.3 is 0 Å². The summed E-state index contributed by atoms with van der Waals surface area (Å²) >= 11 is 0. The number of aromatic nitrogens is 1. The van der Waals surface area contributed by atoms with Crippen molar-refractivity contribution < 1.29 is 14.4 Å². The Kier molecular flexibility index (Phi) is 8.59. The summed E-state index contributed by atoms with van der Waals surface area (Å²) in [7, 11) is 0. The quantitative estimate of drug-likeness (QED) is 0.463. The van der Waals surface area contributed by atoms with Crippen molar-refractivity contribution in [2.24, 2.45) is 0 Å². The summed E-state index contributed by atoms with van der Waals surface area (Å²) < 4.78 is 0. The van der Waals surface area contributed by atoms with E-state index in [4.69, 9.17) is 0 Å². The second kappa shape index (κ2) is 11.6. The highest BCUT2D eigenvalue weighted by Gasteiger charge is 2.34. The van der Waals surface area contributed by atoms with Crippen LogP contribution in [0.4, 0.5) is 11.5 Å². The van der Waals surface area contributed by atoms with Gasteiger partial charge in [0, 0.05) is 30.3 Å². The first kappa shape index (κ1) is 26.6. The number of nitrogens with one attached hydrogen (secondary N) is 2. The molecule has 1 aromatic heterocycles. The van der Waals surface area contributed by atoms with Crippen molar-refractivity contribution in [1.29, 1.82) is 0 Å². The Morgan fingerprint density at radius 2 is 1.61 bits per heavy atom. The number of nitrogens with zero attached hydrogens (tertiary/aromatic N) is 2. The highest BCUT2D eigenvalue weighted by molar-refractivity contribution is 6.03. The van der Waals surface area contributed by atoms with Crippen LogP contribution in [0.1, 0.15) is 56.3 Å². The van der Waals surface area contributed by atoms with E-state index in [1.54, 1.807) is 24.4 Å². The molecule has 188 valence electrons. The summed E-state index contributed by atoms with van der Waals surface area (Å²) in [5.74, 6) is -0.518. The molecule has 0 spiro atoms. The first-order chi connectivity index (χ1) is 17.0. The lowest BCUT2D eigenvalue weighted by atomic mass is 9.99. The molecule has 2 aromatic carbocycles. The first-order valence-corrected chi connectivity index (χ1v) is 12.0. The van der Waals surface area contributed by atoms with E-state index in [0.717, 1.165) is 11.1 Å². The Morgan fingerprint density at radius 3 is 2.22 bits per heavy atom. The van der Waals surface area contributed by atoms with Gasteiger partial charge in [-0.05, 0) is 70.0 Å². The minimum absolute atomic E-state index is 0.0424. The second-order valence-electron chi connectivity index (χ2n) is 9.92. The second-order valence-corrected chi connectivity index (χ2v) is 9.92. The molecule has 0 aliphatic rings. The maximum absolute atomic E-state index is 13.7. The van der Waals surface area contributed by atoms with Gasteiger partial charge in [-0.25, -0.2) is 4.98 Å². The third-order valence-corrected chi connectivity index (χ3v) is 5.44. The van der Waals surface area contributed by atoms with Gasteiger partial charge in [-0.15, -0.1) is 0 Å². The van der Waals surface area contributed by atoms with Crippen LogP contribution < -0.4 is 15.5 Å². The van der Waals surface area contributed by atoms with E-state index in [1.807, 2.05) is 83.1 Å². The van der Waals surface area contributed by atoms with Crippen molar-refractivity contribution >= 4 is 29.2 Å². The number of carbonyl (C=O) groups excluding carboxylic acids is 3. The Labute approximate surface area is 212 Å². The average Bonchev–Trinajstić information content (AvgIpc) is 2.81. The Morgan fingerprint density at radius 1 is 0.889 bits per heavy atom. The van der Waals surface area contributed by atoms with E-state index < -0.39 is 11.6 Å². The molecular weight excluding hydrogens is 452 g/mol. The molecule has 3 amide bonds. The molecule has 3 rings (SSSR count). The Hall–Kier alpha value is -4.00. The average molecular weight is 487 g/mol. The minimum Gasteiger partial charge on any atom is -0.349 e. The molecule has 1 atom stereocenters. The van der Waals surface area contributed by atoms with Gasteiger partial charge in [-0.3, -0.25) is 19.3 Å². The fourth-order valence-electron chi connectivity index (χ4n) is 3.80. The number of anilines is 2. The van der Waals surface area contributed by atoms with Crippen molar-refractivity contribution in [2.45, 2.75) is 59.0 Å². The molecule has 1 heterocycles. The van der Waals surface area contributed by atoms with Gasteiger partial charge in [-0.2, -0.15) is 0 Å². The molecule has 0 fully saturated rings. The van der Waals surface area contributed by atoms with Gasteiger partial charge in [0.05, 0.1) is 0 Å². The molecule has 2 N–H and O–H groups in total. The molecule has 1 unspecified atom stereocenters. The van der Waals surface area contributed by atoms with Crippen LogP contribution in [0, 0.1) is 13.8 Å². The standard InChI is InChI=1S/C29H34N4O3/c1-20-12-14-22(15-13-20)27(28(36)32-29(3,4)5)33(23-10-8-9-21(2)19-23)26(35)17-16-25(34)31-24-11-6-7-18-30-24/h6-15,18-19,27H,16-17H2,1-5H3,(H,32,36)(H,30,31,34).